The third-order valence-electron chi connectivity index (χ3n) is 0.457. The third kappa shape index (κ3) is 7.14. The predicted octanol–water partition coefficient (Wildman–Crippen LogP) is -1.65. The molecule has 0 saturated carbocycles. The summed E-state index contributed by atoms with van der Waals surface area (Å²) in [6.07, 6.45) is 0. The minimum absolute atomic E-state index is 0. The van der Waals surface area contributed by atoms with Crippen molar-refractivity contribution in [2.45, 2.75) is 12.7 Å². The summed E-state index contributed by atoms with van der Waals surface area (Å²) in [6.45, 7) is 0.899. The molecule has 0 aliphatic heterocycles. The van der Waals surface area contributed by atoms with E-state index in [-0.39, 0.29) is 36.8 Å². The van der Waals surface area contributed by atoms with Crippen LogP contribution in [-0.4, -0.2) is 39.3 Å². The van der Waals surface area contributed by atoms with E-state index in [1.165, 1.54) is 0 Å². The van der Waals surface area contributed by atoms with Crippen LogP contribution >= 0.6 is 16.3 Å². The first kappa shape index (κ1) is 17.2. The van der Waals surface area contributed by atoms with Crippen molar-refractivity contribution in [3.05, 3.63) is 0 Å². The van der Waals surface area contributed by atoms with Gasteiger partial charge < -0.3 is 14.0 Å². The number of carbonyl (C=O) groups excluding carboxylic acids is 1. The maximum Gasteiger partial charge on any atom is 0.377 e. The van der Waals surface area contributed by atoms with Crippen LogP contribution in [0, 0.1) is 0 Å². The molecule has 10 heavy (non-hydrogen) atoms. The van der Waals surface area contributed by atoms with Crippen LogP contribution in [0.5, 0.6) is 0 Å². The number of rotatable bonds is 1. The molecule has 56 valence electrons. The first-order valence-electron chi connectivity index (χ1n) is 1.76. The van der Waals surface area contributed by atoms with E-state index in [4.69, 9.17) is 10.2 Å². The molecule has 0 fully saturated rings. The molecule has 0 aliphatic rings. The van der Waals surface area contributed by atoms with E-state index in [9.17, 15) is 4.79 Å². The van der Waals surface area contributed by atoms with Crippen LogP contribution in [-0.2, 0) is 28.1 Å². The summed E-state index contributed by atoms with van der Waals surface area (Å²) in [5.41, 5.74) is 0. The van der Waals surface area contributed by atoms with E-state index < -0.39 is 11.8 Å². The Hall–Kier alpha value is 1.03. The van der Waals surface area contributed by atoms with Crippen LogP contribution in [0.4, 0.5) is 0 Å². The molecule has 4 nitrogen and oxygen atoms in total. The number of halogens is 1. The van der Waals surface area contributed by atoms with E-state index in [1.54, 1.807) is 0 Å². The minimum Gasteiger partial charge on any atom is -0.380 e. The summed E-state index contributed by atoms with van der Waals surface area (Å²) in [6, 6.07) is 0. The largest absolute Gasteiger partial charge is 0.380 e. The van der Waals surface area contributed by atoms with E-state index in [2.05, 4.69) is 20.1 Å². The fourth-order valence-electron chi connectivity index (χ4n) is 0.0731. The summed E-state index contributed by atoms with van der Waals surface area (Å²) in [5.74, 6) is -3.54. The Kier molecular flexibility index (Phi) is 11.6. The van der Waals surface area contributed by atoms with Gasteiger partial charge in [-0.3, -0.25) is 0 Å². The molecule has 0 saturated heterocycles. The van der Waals surface area contributed by atoms with Crippen molar-refractivity contribution < 1.29 is 38.3 Å². The normalized spacial score (nSPS) is 8.80. The molecule has 0 aromatic carbocycles. The summed E-state index contributed by atoms with van der Waals surface area (Å²) >= 11 is 2.28. The molecule has 2 N–H and O–H groups in total. The molecule has 0 bridgehead atoms. The second-order valence-electron chi connectivity index (χ2n) is 1.39. The van der Waals surface area contributed by atoms with Crippen molar-refractivity contribution in [3.8, 4) is 0 Å². The second-order valence-corrected chi connectivity index (χ2v) is 1.71. The van der Waals surface area contributed by atoms with Gasteiger partial charge in [0.2, 0.25) is 0 Å². The van der Waals surface area contributed by atoms with Crippen LogP contribution in [0.15, 0.2) is 0 Å². The molecule has 0 spiro atoms. The molecule has 0 rings (SSSR count). The van der Waals surface area contributed by atoms with Crippen molar-refractivity contribution >= 4 is 39.6 Å². The molecular formula is C3H8AlBrO4Zn. The number of hydrogen-bond acceptors (Lipinski definition) is 4. The molecule has 0 aromatic heterocycles. The van der Waals surface area contributed by atoms with Crippen LogP contribution in [0.3, 0.4) is 0 Å². The second kappa shape index (κ2) is 6.72. The zero-order valence-electron chi connectivity index (χ0n) is 4.80. The molecule has 7 heteroatoms. The molecule has 0 aliphatic carbocycles. The maximum absolute atomic E-state index is 10.1. The zero-order valence-corrected chi connectivity index (χ0v) is 9.35. The van der Waals surface area contributed by atoms with Gasteiger partial charge in [0.25, 0.3) is 5.79 Å². The van der Waals surface area contributed by atoms with E-state index in [0.717, 1.165) is 6.92 Å². The molecule has 0 atom stereocenters. The number of carbonyl (C=O) groups is 1. The Morgan fingerprint density at radius 1 is 1.60 bits per heavy atom. The average molecular weight is 280 g/mol. The summed E-state index contributed by atoms with van der Waals surface area (Å²) in [4.78, 5) is 10.1. The summed E-state index contributed by atoms with van der Waals surface area (Å²) in [5, 5.41) is 16.7. The summed E-state index contributed by atoms with van der Waals surface area (Å²) < 4.78 is 3.79. The molecule has 0 unspecified atom stereocenters. The van der Waals surface area contributed by atoms with Crippen molar-refractivity contribution in [1.29, 1.82) is 0 Å². The minimum atomic E-state index is -2.40. The Bertz CT molecular complexity index is 103. The van der Waals surface area contributed by atoms with Gasteiger partial charge in [0.15, 0.2) is 33.6 Å². The molecule has 0 amide bonds. The number of aliphatic hydroxyl groups is 2. The smallest absolute Gasteiger partial charge is 0.377 e. The monoisotopic (exact) mass is 278 g/mol. The molecule has 0 aromatic rings. The quantitative estimate of drug-likeness (QED) is 0.446. The van der Waals surface area contributed by atoms with E-state index in [1.807, 2.05) is 0 Å². The fourth-order valence-corrected chi connectivity index (χ4v) is 0.380. The Morgan fingerprint density at radius 3 is 1.90 bits per heavy atom. The van der Waals surface area contributed by atoms with Crippen molar-refractivity contribution in [3.63, 3.8) is 0 Å². The maximum atomic E-state index is 10.1. The van der Waals surface area contributed by atoms with Gasteiger partial charge in [-0.05, 0) is 0 Å². The first-order chi connectivity index (χ1) is 3.48. The van der Waals surface area contributed by atoms with Gasteiger partial charge >= 0.3 is 5.97 Å². The molecular weight excluding hydrogens is 272 g/mol. The standard InChI is InChI=1S/C3H5BrO4.Al.Zn.3H/c1-3(6,7)2(5)8-4;;;;;/h6-7H,1H3;;;;;. The van der Waals surface area contributed by atoms with Gasteiger partial charge in [-0.15, -0.1) is 0 Å². The van der Waals surface area contributed by atoms with Gasteiger partial charge in [0.05, 0.1) is 0 Å². The van der Waals surface area contributed by atoms with Crippen LogP contribution in [0.2, 0.25) is 0 Å². The van der Waals surface area contributed by atoms with Crippen LogP contribution in [0.25, 0.3) is 0 Å². The van der Waals surface area contributed by atoms with E-state index >= 15 is 0 Å². The topological polar surface area (TPSA) is 66.8 Å². The predicted molar refractivity (Wildman–Crippen MR) is 37.8 cm³/mol. The van der Waals surface area contributed by atoms with Crippen molar-refractivity contribution in [2.24, 2.45) is 0 Å². The summed E-state index contributed by atoms with van der Waals surface area (Å²) in [7, 11) is 0. The molecule has 0 radical (unpaired) electrons. The Morgan fingerprint density at radius 2 is 1.90 bits per heavy atom. The van der Waals surface area contributed by atoms with Crippen molar-refractivity contribution in [1.82, 2.24) is 0 Å². The fraction of sp³-hybridized carbons (Fsp3) is 0.667. The SMILES string of the molecule is CC(O)(O)C(=O)OBr.[AlH3].[Zn]. The van der Waals surface area contributed by atoms with Gasteiger partial charge in [0.1, 0.15) is 0 Å². The van der Waals surface area contributed by atoms with Crippen LogP contribution < -0.4 is 0 Å². The average Bonchev–Trinajstić information content (AvgIpc) is 1.62. The van der Waals surface area contributed by atoms with Crippen molar-refractivity contribution in [2.75, 3.05) is 0 Å². The van der Waals surface area contributed by atoms with E-state index in [0.29, 0.717) is 0 Å². The van der Waals surface area contributed by atoms with Gasteiger partial charge in [-0.25, -0.2) is 4.79 Å². The zero-order chi connectivity index (χ0) is 6.78. The number of hydrogen-bond donors (Lipinski definition) is 2. The van der Waals surface area contributed by atoms with Gasteiger partial charge in [-0.2, -0.15) is 0 Å². The van der Waals surface area contributed by atoms with Gasteiger partial charge in [-0.1, -0.05) is 0 Å². The third-order valence-corrected chi connectivity index (χ3v) is 0.751. The molecule has 0 heterocycles. The van der Waals surface area contributed by atoms with Gasteiger partial charge in [0, 0.05) is 26.4 Å². The van der Waals surface area contributed by atoms with Crippen LogP contribution in [0.1, 0.15) is 6.92 Å². The Labute approximate surface area is 90.3 Å². The Balaban J connectivity index is -0.000000245. The first-order valence-corrected chi connectivity index (χ1v) is 2.41.